The minimum absolute atomic E-state index is 0. The van der Waals surface area contributed by atoms with Crippen molar-refractivity contribution >= 4 is 5.97 Å². The molecule has 0 atom stereocenters. The predicted molar refractivity (Wildman–Crippen MR) is 10.7 cm³/mol. The van der Waals surface area contributed by atoms with Gasteiger partial charge >= 0.3 is 51.4 Å². The molecular formula is C2H3KO2. The molecule has 2 nitrogen and oxygen atoms in total. The summed E-state index contributed by atoms with van der Waals surface area (Å²) >= 11 is 0. The number of carboxylic acid groups (broad SMARTS) is 1. The largest absolute Gasteiger partial charge is 1.00 e. The van der Waals surface area contributed by atoms with Crippen LogP contribution in [0.15, 0.2) is 0 Å². The Bertz CT molecular complexity index is 30.6. The maximum atomic E-state index is 8.89. The van der Waals surface area contributed by atoms with Crippen LogP contribution in [0.5, 0.6) is 0 Å². The molecule has 0 saturated heterocycles. The van der Waals surface area contributed by atoms with Gasteiger partial charge in [-0.2, -0.15) is 0 Å². The van der Waals surface area contributed by atoms with Crippen LogP contribution in [-0.2, 0) is 4.79 Å². The van der Waals surface area contributed by atoms with Crippen LogP contribution in [0.4, 0.5) is 0 Å². The summed E-state index contributed by atoms with van der Waals surface area (Å²) < 4.78 is 0. The Kier molecular flexibility index (Phi) is 9.64. The Morgan fingerprint density at radius 3 is 1.80 bits per heavy atom. The van der Waals surface area contributed by atoms with Crippen LogP contribution in [-0.4, -0.2) is 5.97 Å². The van der Waals surface area contributed by atoms with Crippen molar-refractivity contribution in [1.82, 2.24) is 0 Å². The van der Waals surface area contributed by atoms with Crippen LogP contribution in [0.3, 0.4) is 0 Å². The van der Waals surface area contributed by atoms with Gasteiger partial charge in [-0.3, -0.25) is 0 Å². The number of hydrogen-bond acceptors (Lipinski definition) is 2. The average Bonchev–Trinajstić information content (AvgIpc) is 0.811. The van der Waals surface area contributed by atoms with Crippen LogP contribution in [0.25, 0.3) is 0 Å². The second-order valence-electron chi connectivity index (χ2n) is 0.492. The minimum atomic E-state index is -1.08. The van der Waals surface area contributed by atoms with E-state index in [4.69, 9.17) is 9.90 Å². The maximum absolute atomic E-state index is 8.89. The fourth-order valence-electron chi connectivity index (χ4n) is 0. The van der Waals surface area contributed by atoms with Gasteiger partial charge in [-0.15, -0.1) is 0 Å². The molecule has 0 aromatic heterocycles. The first-order valence-electron chi connectivity index (χ1n) is 0.908. The van der Waals surface area contributed by atoms with Gasteiger partial charge in [0.25, 0.3) is 0 Å². The molecule has 0 rings (SSSR count). The van der Waals surface area contributed by atoms with Crippen molar-refractivity contribution < 1.29 is 61.3 Å². The fraction of sp³-hybridized carbons (Fsp3) is 0.500. The first-order chi connectivity index (χ1) is 1.73. The van der Waals surface area contributed by atoms with Gasteiger partial charge in [0.05, 0.1) is 0 Å². The second-order valence-corrected chi connectivity index (χ2v) is 0.492. The van der Waals surface area contributed by atoms with Gasteiger partial charge in [-0.25, -0.2) is 0 Å². The van der Waals surface area contributed by atoms with Crippen molar-refractivity contribution in [2.75, 3.05) is 0 Å². The molecule has 0 amide bonds. The van der Waals surface area contributed by atoms with Crippen LogP contribution in [0.1, 0.15) is 6.92 Å². The number of aliphatic carboxylic acids is 1. The van der Waals surface area contributed by atoms with Gasteiger partial charge in [0.1, 0.15) is 0 Å². The summed E-state index contributed by atoms with van der Waals surface area (Å²) in [5.41, 5.74) is 0. The Hall–Kier alpha value is 1.11. The van der Waals surface area contributed by atoms with Crippen molar-refractivity contribution in [2.45, 2.75) is 6.92 Å². The molecule has 0 aromatic rings. The first kappa shape index (κ1) is 9.44. The molecule has 0 saturated carbocycles. The Balaban J connectivity index is 0. The summed E-state index contributed by atoms with van der Waals surface area (Å²) in [6.45, 7) is 0.972. The summed E-state index contributed by atoms with van der Waals surface area (Å²) in [6, 6.07) is 0. The van der Waals surface area contributed by atoms with E-state index in [1.165, 1.54) is 0 Å². The molecule has 0 bridgehead atoms. The third kappa shape index (κ3) is 40.3. The molecule has 0 spiro atoms. The number of hydrogen-bond donors (Lipinski definition) is 0. The van der Waals surface area contributed by atoms with Gasteiger partial charge in [0.2, 0.25) is 0 Å². The van der Waals surface area contributed by atoms with Gasteiger partial charge in [-0.05, 0) is 6.92 Å². The van der Waals surface area contributed by atoms with Gasteiger partial charge < -0.3 is 9.90 Å². The molecule has 0 aliphatic heterocycles. The smallest absolute Gasteiger partial charge is 0.550 e. The topological polar surface area (TPSA) is 40.1 Å². The van der Waals surface area contributed by atoms with Gasteiger partial charge in [0, 0.05) is 5.97 Å². The molecule has 0 fully saturated rings. The SMILES string of the molecule is [14CH3][14C](=O)[O-].[K+]. The molecule has 0 aromatic carbocycles. The molecule has 0 aliphatic rings. The third-order valence-corrected chi connectivity index (χ3v) is 0. The fourth-order valence-corrected chi connectivity index (χ4v) is 0. The maximum Gasteiger partial charge on any atom is 1.00 e. The van der Waals surface area contributed by atoms with E-state index in [0.717, 1.165) is 6.92 Å². The molecular weight excluding hydrogens is 99.1 g/mol. The zero-order valence-electron chi connectivity index (χ0n) is 3.32. The molecule has 0 aliphatic carbocycles. The first-order valence-corrected chi connectivity index (χ1v) is 0.908. The zero-order chi connectivity index (χ0) is 3.58. The number of carbonyl (C=O) groups is 1. The molecule has 24 valence electrons. The Morgan fingerprint density at radius 1 is 1.80 bits per heavy atom. The summed E-state index contributed by atoms with van der Waals surface area (Å²) in [5.74, 6) is -1.08. The molecule has 0 N–H and O–H groups in total. The van der Waals surface area contributed by atoms with Crippen LogP contribution < -0.4 is 56.5 Å². The third-order valence-electron chi connectivity index (χ3n) is 0. The van der Waals surface area contributed by atoms with E-state index >= 15 is 0 Å². The molecule has 0 radical (unpaired) electrons. The summed E-state index contributed by atoms with van der Waals surface area (Å²) in [5, 5.41) is 8.89. The molecule has 3 heteroatoms. The van der Waals surface area contributed by atoms with E-state index in [2.05, 4.69) is 0 Å². The summed E-state index contributed by atoms with van der Waals surface area (Å²) in [4.78, 5) is 8.89. The van der Waals surface area contributed by atoms with Crippen molar-refractivity contribution in [3.05, 3.63) is 0 Å². The van der Waals surface area contributed by atoms with E-state index in [9.17, 15) is 0 Å². The monoisotopic (exact) mass is 102 g/mol. The van der Waals surface area contributed by atoms with Crippen molar-refractivity contribution in [3.63, 3.8) is 0 Å². The molecule has 5 heavy (non-hydrogen) atoms. The van der Waals surface area contributed by atoms with Crippen LogP contribution in [0.2, 0.25) is 0 Å². The Morgan fingerprint density at radius 2 is 1.80 bits per heavy atom. The normalized spacial score (nSPS) is 5.00. The predicted octanol–water partition coefficient (Wildman–Crippen LogP) is -4.24. The number of rotatable bonds is 0. The summed E-state index contributed by atoms with van der Waals surface area (Å²) in [6.07, 6.45) is 0. The van der Waals surface area contributed by atoms with E-state index in [1.54, 1.807) is 0 Å². The summed E-state index contributed by atoms with van der Waals surface area (Å²) in [7, 11) is 0. The standard InChI is InChI=1S/C2H4O2.K/c1-2(3)4;/h1H3,(H,3,4);/q;+1/p-1/i1+2,2+2;. The van der Waals surface area contributed by atoms with E-state index in [1.807, 2.05) is 0 Å². The molecule has 0 heterocycles. The molecule has 0 unspecified atom stereocenters. The average molecular weight is 102 g/mol. The van der Waals surface area contributed by atoms with E-state index in [-0.39, 0.29) is 51.4 Å². The van der Waals surface area contributed by atoms with Gasteiger partial charge in [0.15, 0.2) is 0 Å². The van der Waals surface area contributed by atoms with Crippen molar-refractivity contribution in [3.8, 4) is 0 Å². The minimum Gasteiger partial charge on any atom is -0.550 e. The second kappa shape index (κ2) is 5.11. The van der Waals surface area contributed by atoms with E-state index < -0.39 is 5.97 Å². The van der Waals surface area contributed by atoms with Crippen molar-refractivity contribution in [2.24, 2.45) is 0 Å². The quantitative estimate of drug-likeness (QED) is 0.291. The zero-order valence-corrected chi connectivity index (χ0v) is 6.44. The Labute approximate surface area is 73.0 Å². The van der Waals surface area contributed by atoms with Crippen molar-refractivity contribution in [1.29, 1.82) is 0 Å². The van der Waals surface area contributed by atoms with Crippen LogP contribution >= 0.6 is 0 Å². The van der Waals surface area contributed by atoms with Crippen LogP contribution in [0, 0.1) is 0 Å². The van der Waals surface area contributed by atoms with E-state index in [0.29, 0.717) is 0 Å². The number of carboxylic acids is 1. The van der Waals surface area contributed by atoms with Gasteiger partial charge in [-0.1, -0.05) is 0 Å². The number of carbonyl (C=O) groups excluding carboxylic acids is 1.